The Hall–Kier alpha value is -1.69. The number of rotatable bonds is 3. The van der Waals surface area contributed by atoms with Gasteiger partial charge in [0.25, 0.3) is 5.78 Å². The van der Waals surface area contributed by atoms with Gasteiger partial charge in [0.2, 0.25) is 0 Å². The third-order valence-corrected chi connectivity index (χ3v) is 3.78. The predicted octanol–water partition coefficient (Wildman–Crippen LogP) is 1.66. The molecule has 0 bridgehead atoms. The van der Waals surface area contributed by atoms with Gasteiger partial charge in [0.1, 0.15) is 12.1 Å². The van der Waals surface area contributed by atoms with E-state index in [0.29, 0.717) is 5.78 Å². The standard InChI is InChI=1S/C13H19N5O/c1-10-7-11(18-12(17-10)15-9-16-18)14-8-13(2)3-5-19-6-4-13/h7,9,14H,3-6,8H2,1-2H3. The normalized spacial score (nSPS) is 18.6. The van der Waals surface area contributed by atoms with Crippen LogP contribution in [0.5, 0.6) is 0 Å². The molecule has 0 aliphatic carbocycles. The highest BCUT2D eigenvalue weighted by atomic mass is 16.5. The lowest BCUT2D eigenvalue weighted by Crippen LogP contribution is -2.33. The SMILES string of the molecule is Cc1cc(NCC2(C)CCOCC2)n2ncnc2n1. The van der Waals surface area contributed by atoms with Crippen molar-refractivity contribution in [1.29, 1.82) is 0 Å². The summed E-state index contributed by atoms with van der Waals surface area (Å²) in [6.07, 6.45) is 3.71. The van der Waals surface area contributed by atoms with E-state index >= 15 is 0 Å². The van der Waals surface area contributed by atoms with Crippen molar-refractivity contribution in [3.8, 4) is 0 Å². The molecule has 0 saturated carbocycles. The maximum atomic E-state index is 5.43. The van der Waals surface area contributed by atoms with E-state index in [4.69, 9.17) is 4.74 Å². The largest absolute Gasteiger partial charge is 0.381 e. The smallest absolute Gasteiger partial charge is 0.254 e. The lowest BCUT2D eigenvalue weighted by Gasteiger charge is -2.33. The van der Waals surface area contributed by atoms with Crippen molar-refractivity contribution in [1.82, 2.24) is 19.6 Å². The second kappa shape index (κ2) is 4.77. The van der Waals surface area contributed by atoms with Crippen LogP contribution in [-0.4, -0.2) is 39.3 Å². The van der Waals surface area contributed by atoms with Crippen molar-refractivity contribution >= 4 is 11.6 Å². The summed E-state index contributed by atoms with van der Waals surface area (Å²) in [5.74, 6) is 1.59. The third kappa shape index (κ3) is 2.53. The Morgan fingerprint density at radius 2 is 2.21 bits per heavy atom. The molecule has 102 valence electrons. The molecule has 1 saturated heterocycles. The first-order valence-corrected chi connectivity index (χ1v) is 6.65. The molecule has 19 heavy (non-hydrogen) atoms. The van der Waals surface area contributed by atoms with Crippen molar-refractivity contribution in [2.24, 2.45) is 5.41 Å². The van der Waals surface area contributed by atoms with Gasteiger partial charge in [-0.3, -0.25) is 0 Å². The molecule has 2 aromatic heterocycles. The van der Waals surface area contributed by atoms with Gasteiger partial charge in [0.15, 0.2) is 0 Å². The fourth-order valence-electron chi connectivity index (χ4n) is 2.40. The van der Waals surface area contributed by atoms with E-state index in [0.717, 1.165) is 44.1 Å². The third-order valence-electron chi connectivity index (χ3n) is 3.78. The number of fused-ring (bicyclic) bond motifs is 1. The quantitative estimate of drug-likeness (QED) is 0.910. The lowest BCUT2D eigenvalue weighted by molar-refractivity contribution is 0.0299. The van der Waals surface area contributed by atoms with Crippen LogP contribution in [0, 0.1) is 12.3 Å². The van der Waals surface area contributed by atoms with Crippen LogP contribution in [0.1, 0.15) is 25.5 Å². The molecular weight excluding hydrogens is 242 g/mol. The number of nitrogens with zero attached hydrogens (tertiary/aromatic N) is 4. The van der Waals surface area contributed by atoms with Crippen molar-refractivity contribution in [2.45, 2.75) is 26.7 Å². The van der Waals surface area contributed by atoms with E-state index in [1.807, 2.05) is 13.0 Å². The second-order valence-electron chi connectivity index (χ2n) is 5.53. The second-order valence-corrected chi connectivity index (χ2v) is 5.53. The Morgan fingerprint density at radius 1 is 1.42 bits per heavy atom. The summed E-state index contributed by atoms with van der Waals surface area (Å²) in [7, 11) is 0. The summed E-state index contributed by atoms with van der Waals surface area (Å²) in [4.78, 5) is 8.47. The van der Waals surface area contributed by atoms with Gasteiger partial charge < -0.3 is 10.1 Å². The molecule has 6 nitrogen and oxygen atoms in total. The van der Waals surface area contributed by atoms with Crippen LogP contribution in [-0.2, 0) is 4.74 Å². The van der Waals surface area contributed by atoms with Crippen LogP contribution >= 0.6 is 0 Å². The monoisotopic (exact) mass is 261 g/mol. The minimum atomic E-state index is 0.280. The topological polar surface area (TPSA) is 64.3 Å². The summed E-state index contributed by atoms with van der Waals surface area (Å²) in [6.45, 7) is 6.89. The molecule has 0 atom stereocenters. The van der Waals surface area contributed by atoms with Crippen molar-refractivity contribution in [2.75, 3.05) is 25.1 Å². The van der Waals surface area contributed by atoms with Gasteiger partial charge in [-0.25, -0.2) is 4.98 Å². The van der Waals surface area contributed by atoms with E-state index in [1.165, 1.54) is 6.33 Å². The molecule has 0 unspecified atom stereocenters. The number of hydrogen-bond acceptors (Lipinski definition) is 5. The molecular formula is C13H19N5O. The number of aromatic nitrogens is 4. The Morgan fingerprint density at radius 3 is 3.00 bits per heavy atom. The Bertz CT molecular complexity index is 573. The molecule has 1 aliphatic heterocycles. The first kappa shape index (κ1) is 12.3. The van der Waals surface area contributed by atoms with Gasteiger partial charge in [-0.1, -0.05) is 6.92 Å². The van der Waals surface area contributed by atoms with Crippen LogP contribution in [0.25, 0.3) is 5.78 Å². The van der Waals surface area contributed by atoms with Gasteiger partial charge in [-0.05, 0) is 25.2 Å². The molecule has 0 amide bonds. The summed E-state index contributed by atoms with van der Waals surface area (Å²) in [5.41, 5.74) is 1.22. The Balaban J connectivity index is 1.79. The summed E-state index contributed by atoms with van der Waals surface area (Å²) >= 11 is 0. The van der Waals surface area contributed by atoms with Crippen molar-refractivity contribution in [3.05, 3.63) is 18.1 Å². The highest BCUT2D eigenvalue weighted by molar-refractivity contribution is 5.44. The van der Waals surface area contributed by atoms with Gasteiger partial charge in [0.05, 0.1) is 0 Å². The zero-order valence-corrected chi connectivity index (χ0v) is 11.4. The maximum Gasteiger partial charge on any atom is 0.254 e. The van der Waals surface area contributed by atoms with Crippen LogP contribution < -0.4 is 5.32 Å². The maximum absolute atomic E-state index is 5.43. The first-order valence-electron chi connectivity index (χ1n) is 6.65. The molecule has 1 aliphatic rings. The fraction of sp³-hybridized carbons (Fsp3) is 0.615. The molecule has 1 N–H and O–H groups in total. The predicted molar refractivity (Wildman–Crippen MR) is 72.2 cm³/mol. The van der Waals surface area contributed by atoms with E-state index in [2.05, 4.69) is 27.3 Å². The zero-order valence-electron chi connectivity index (χ0n) is 11.4. The molecule has 3 heterocycles. The number of hydrogen-bond donors (Lipinski definition) is 1. The summed E-state index contributed by atoms with van der Waals surface area (Å²) < 4.78 is 7.17. The lowest BCUT2D eigenvalue weighted by atomic mass is 9.82. The van der Waals surface area contributed by atoms with Gasteiger partial charge in [-0.2, -0.15) is 14.6 Å². The summed E-state index contributed by atoms with van der Waals surface area (Å²) in [5, 5.41) is 7.69. The number of nitrogens with one attached hydrogen (secondary N) is 1. The fourth-order valence-corrected chi connectivity index (χ4v) is 2.40. The molecule has 3 rings (SSSR count). The highest BCUT2D eigenvalue weighted by Crippen LogP contribution is 2.29. The van der Waals surface area contributed by atoms with E-state index in [-0.39, 0.29) is 5.41 Å². The minimum Gasteiger partial charge on any atom is -0.381 e. The number of ether oxygens (including phenoxy) is 1. The van der Waals surface area contributed by atoms with Crippen LogP contribution in [0.2, 0.25) is 0 Å². The van der Waals surface area contributed by atoms with Gasteiger partial charge >= 0.3 is 0 Å². The minimum absolute atomic E-state index is 0.280. The molecule has 6 heteroatoms. The van der Waals surface area contributed by atoms with E-state index < -0.39 is 0 Å². The Labute approximate surface area is 112 Å². The molecule has 1 fully saturated rings. The van der Waals surface area contributed by atoms with Crippen molar-refractivity contribution < 1.29 is 4.74 Å². The van der Waals surface area contributed by atoms with E-state index in [1.54, 1.807) is 4.52 Å². The van der Waals surface area contributed by atoms with Crippen LogP contribution in [0.4, 0.5) is 5.82 Å². The Kier molecular flexibility index (Phi) is 3.10. The first-order chi connectivity index (χ1) is 9.16. The number of aryl methyl sites for hydroxylation is 1. The van der Waals surface area contributed by atoms with Gasteiger partial charge in [-0.15, -0.1) is 0 Å². The molecule has 2 aromatic rings. The average molecular weight is 261 g/mol. The van der Waals surface area contributed by atoms with Crippen molar-refractivity contribution in [3.63, 3.8) is 0 Å². The van der Waals surface area contributed by atoms with Crippen LogP contribution in [0.15, 0.2) is 12.4 Å². The highest BCUT2D eigenvalue weighted by Gasteiger charge is 2.27. The summed E-state index contributed by atoms with van der Waals surface area (Å²) in [6, 6.07) is 2.00. The van der Waals surface area contributed by atoms with Crippen LogP contribution in [0.3, 0.4) is 0 Å². The zero-order chi connectivity index (χ0) is 13.3. The average Bonchev–Trinajstić information content (AvgIpc) is 2.85. The van der Waals surface area contributed by atoms with Gasteiger partial charge in [0, 0.05) is 31.5 Å². The van der Waals surface area contributed by atoms with E-state index in [9.17, 15) is 0 Å². The number of anilines is 1. The molecule has 0 radical (unpaired) electrons. The molecule has 0 spiro atoms. The molecule has 0 aromatic carbocycles.